The molecule has 1 aliphatic rings. The summed E-state index contributed by atoms with van der Waals surface area (Å²) in [5.74, 6) is -0.0526. The van der Waals surface area contributed by atoms with Gasteiger partial charge in [-0.15, -0.1) is 0 Å². The van der Waals surface area contributed by atoms with E-state index in [1.165, 1.54) is 31.7 Å². The van der Waals surface area contributed by atoms with Gasteiger partial charge >= 0.3 is 6.03 Å². The molecule has 0 radical (unpaired) electrons. The molecule has 1 fully saturated rings. The van der Waals surface area contributed by atoms with Crippen LogP contribution >= 0.6 is 0 Å². The average molecular weight is 252 g/mol. The van der Waals surface area contributed by atoms with Crippen molar-refractivity contribution >= 4 is 11.7 Å². The minimum atomic E-state index is -0.386. The number of carbonyl (C=O) groups is 1. The number of urea groups is 1. The molecule has 1 aromatic rings. The van der Waals surface area contributed by atoms with Crippen molar-refractivity contribution in [2.45, 2.75) is 19.3 Å². The van der Waals surface area contributed by atoms with Crippen molar-refractivity contribution in [1.82, 2.24) is 4.90 Å². The van der Waals surface area contributed by atoms with Gasteiger partial charge in [0.25, 0.3) is 0 Å². The number of carbonyl (C=O) groups excluding carboxylic acids is 1. The molecular formula is C13H17FN2O2. The average Bonchev–Trinajstić information content (AvgIpc) is 2.41. The Balaban J connectivity index is 2.06. The Morgan fingerprint density at radius 3 is 2.72 bits per heavy atom. The summed E-state index contributed by atoms with van der Waals surface area (Å²) in [7, 11) is 1.45. The largest absolute Gasteiger partial charge is 0.494 e. The van der Waals surface area contributed by atoms with Crippen molar-refractivity contribution in [2.24, 2.45) is 0 Å². The molecule has 1 aliphatic heterocycles. The zero-order valence-corrected chi connectivity index (χ0v) is 10.4. The fourth-order valence-corrected chi connectivity index (χ4v) is 2.06. The lowest BCUT2D eigenvalue weighted by Gasteiger charge is -2.27. The Morgan fingerprint density at radius 2 is 2.06 bits per heavy atom. The highest BCUT2D eigenvalue weighted by Crippen LogP contribution is 2.25. The van der Waals surface area contributed by atoms with E-state index in [1.807, 2.05) is 0 Å². The van der Waals surface area contributed by atoms with Gasteiger partial charge in [0.1, 0.15) is 11.6 Å². The summed E-state index contributed by atoms with van der Waals surface area (Å²) in [6.07, 6.45) is 3.24. The van der Waals surface area contributed by atoms with Gasteiger partial charge in [-0.2, -0.15) is 0 Å². The highest BCUT2D eigenvalue weighted by Gasteiger charge is 2.17. The Bertz CT molecular complexity index is 431. The maximum Gasteiger partial charge on any atom is 0.321 e. The number of hydrogen-bond acceptors (Lipinski definition) is 2. The molecule has 1 heterocycles. The summed E-state index contributed by atoms with van der Waals surface area (Å²) < 4.78 is 18.1. The van der Waals surface area contributed by atoms with Crippen LogP contribution in [0.5, 0.6) is 5.75 Å². The van der Waals surface area contributed by atoms with E-state index in [2.05, 4.69) is 5.32 Å². The van der Waals surface area contributed by atoms with E-state index in [9.17, 15) is 9.18 Å². The fraction of sp³-hybridized carbons (Fsp3) is 0.462. The Hall–Kier alpha value is -1.78. The summed E-state index contributed by atoms with van der Waals surface area (Å²) in [5, 5.41) is 2.75. The molecule has 98 valence electrons. The molecule has 1 aromatic carbocycles. The van der Waals surface area contributed by atoms with Crippen LogP contribution in [0, 0.1) is 5.82 Å². The first kappa shape index (κ1) is 12.7. The van der Waals surface area contributed by atoms with E-state index in [-0.39, 0.29) is 11.8 Å². The number of benzene rings is 1. The Kier molecular flexibility index (Phi) is 4.02. The van der Waals surface area contributed by atoms with E-state index in [0.717, 1.165) is 25.9 Å². The smallest absolute Gasteiger partial charge is 0.321 e. The number of halogens is 1. The van der Waals surface area contributed by atoms with Crippen LogP contribution in [-0.4, -0.2) is 31.1 Å². The quantitative estimate of drug-likeness (QED) is 0.879. The highest BCUT2D eigenvalue weighted by atomic mass is 19.1. The summed E-state index contributed by atoms with van der Waals surface area (Å²) in [4.78, 5) is 13.8. The van der Waals surface area contributed by atoms with Gasteiger partial charge in [-0.25, -0.2) is 9.18 Å². The molecule has 0 spiro atoms. The first-order chi connectivity index (χ1) is 8.70. The van der Waals surface area contributed by atoms with Gasteiger partial charge < -0.3 is 15.0 Å². The molecule has 1 saturated heterocycles. The van der Waals surface area contributed by atoms with Crippen LogP contribution in [0.3, 0.4) is 0 Å². The number of rotatable bonds is 2. The molecule has 18 heavy (non-hydrogen) atoms. The number of likely N-dealkylation sites (tertiary alicyclic amines) is 1. The van der Waals surface area contributed by atoms with Gasteiger partial charge in [-0.3, -0.25) is 0 Å². The molecule has 4 nitrogen and oxygen atoms in total. The van der Waals surface area contributed by atoms with Crippen molar-refractivity contribution in [1.29, 1.82) is 0 Å². The van der Waals surface area contributed by atoms with Crippen LogP contribution in [0.25, 0.3) is 0 Å². The Labute approximate surface area is 106 Å². The maximum absolute atomic E-state index is 13.0. The number of nitrogens with one attached hydrogen (secondary N) is 1. The standard InChI is InChI=1S/C13H17FN2O2/c1-18-12-9-10(14)5-6-11(12)15-13(17)16-7-3-2-4-8-16/h5-6,9H,2-4,7-8H2,1H3,(H,15,17). The van der Waals surface area contributed by atoms with Gasteiger partial charge in [0.2, 0.25) is 0 Å². The van der Waals surface area contributed by atoms with Crippen molar-refractivity contribution in [3.63, 3.8) is 0 Å². The third-order valence-electron chi connectivity index (χ3n) is 3.05. The molecule has 0 aromatic heterocycles. The van der Waals surface area contributed by atoms with Crippen LogP contribution in [0.4, 0.5) is 14.9 Å². The topological polar surface area (TPSA) is 41.6 Å². The third-order valence-corrected chi connectivity index (χ3v) is 3.05. The first-order valence-electron chi connectivity index (χ1n) is 6.10. The summed E-state index contributed by atoms with van der Waals surface area (Å²) >= 11 is 0. The predicted octanol–water partition coefficient (Wildman–Crippen LogP) is 2.85. The van der Waals surface area contributed by atoms with Gasteiger partial charge in [0.15, 0.2) is 0 Å². The van der Waals surface area contributed by atoms with E-state index in [1.54, 1.807) is 4.90 Å². The molecule has 0 saturated carbocycles. The number of anilines is 1. The highest BCUT2D eigenvalue weighted by molar-refractivity contribution is 5.91. The normalized spacial score (nSPS) is 15.3. The van der Waals surface area contributed by atoms with Crippen molar-refractivity contribution < 1.29 is 13.9 Å². The van der Waals surface area contributed by atoms with Crippen LogP contribution in [-0.2, 0) is 0 Å². The number of amides is 2. The maximum atomic E-state index is 13.0. The molecule has 0 bridgehead atoms. The van der Waals surface area contributed by atoms with E-state index < -0.39 is 0 Å². The molecular weight excluding hydrogens is 235 g/mol. The van der Waals surface area contributed by atoms with Gasteiger partial charge in [0, 0.05) is 19.2 Å². The second-order valence-electron chi connectivity index (χ2n) is 4.32. The molecule has 0 unspecified atom stereocenters. The number of piperidine rings is 1. The number of hydrogen-bond donors (Lipinski definition) is 1. The zero-order valence-electron chi connectivity index (χ0n) is 10.4. The second-order valence-corrected chi connectivity index (χ2v) is 4.32. The monoisotopic (exact) mass is 252 g/mol. The number of ether oxygens (including phenoxy) is 1. The number of nitrogens with zero attached hydrogens (tertiary/aromatic N) is 1. The lowest BCUT2D eigenvalue weighted by atomic mass is 10.1. The molecule has 1 N–H and O–H groups in total. The summed E-state index contributed by atoms with van der Waals surface area (Å²) in [5.41, 5.74) is 0.495. The fourth-order valence-electron chi connectivity index (χ4n) is 2.06. The SMILES string of the molecule is COc1cc(F)ccc1NC(=O)N1CCCCC1. The summed E-state index contributed by atoms with van der Waals surface area (Å²) in [6.45, 7) is 1.55. The van der Waals surface area contributed by atoms with Crippen molar-refractivity contribution in [3.05, 3.63) is 24.0 Å². The zero-order chi connectivity index (χ0) is 13.0. The van der Waals surface area contributed by atoms with E-state index in [0.29, 0.717) is 11.4 Å². The van der Waals surface area contributed by atoms with Crippen LogP contribution < -0.4 is 10.1 Å². The van der Waals surface area contributed by atoms with Gasteiger partial charge in [-0.05, 0) is 31.4 Å². The molecule has 2 amide bonds. The first-order valence-corrected chi connectivity index (χ1v) is 6.10. The molecule has 0 aliphatic carbocycles. The van der Waals surface area contributed by atoms with E-state index in [4.69, 9.17) is 4.74 Å². The number of methoxy groups -OCH3 is 1. The summed E-state index contributed by atoms with van der Waals surface area (Å²) in [6, 6.07) is 3.91. The Morgan fingerprint density at radius 1 is 1.33 bits per heavy atom. The van der Waals surface area contributed by atoms with Crippen LogP contribution in [0.15, 0.2) is 18.2 Å². The lowest BCUT2D eigenvalue weighted by molar-refractivity contribution is 0.200. The van der Waals surface area contributed by atoms with Crippen molar-refractivity contribution in [2.75, 3.05) is 25.5 Å². The minimum Gasteiger partial charge on any atom is -0.494 e. The van der Waals surface area contributed by atoms with Gasteiger partial charge in [-0.1, -0.05) is 0 Å². The lowest BCUT2D eigenvalue weighted by Crippen LogP contribution is -2.38. The molecule has 2 rings (SSSR count). The van der Waals surface area contributed by atoms with Gasteiger partial charge in [0.05, 0.1) is 12.8 Å². The second kappa shape index (κ2) is 5.71. The van der Waals surface area contributed by atoms with E-state index >= 15 is 0 Å². The predicted molar refractivity (Wildman–Crippen MR) is 67.4 cm³/mol. The molecule has 5 heteroatoms. The van der Waals surface area contributed by atoms with Crippen LogP contribution in [0.2, 0.25) is 0 Å². The van der Waals surface area contributed by atoms with Crippen LogP contribution in [0.1, 0.15) is 19.3 Å². The van der Waals surface area contributed by atoms with Crippen molar-refractivity contribution in [3.8, 4) is 5.75 Å². The third kappa shape index (κ3) is 2.91. The minimum absolute atomic E-state index is 0.153. The molecule has 0 atom stereocenters.